The number of amides is 1. The number of rotatable bonds is 8. The molecule has 3 rings (SSSR count). The van der Waals surface area contributed by atoms with Crippen LogP contribution in [-0.4, -0.2) is 57.5 Å². The highest BCUT2D eigenvalue weighted by Crippen LogP contribution is 2.26. The Hall–Kier alpha value is -2.27. The number of anilines is 1. The van der Waals surface area contributed by atoms with E-state index in [4.69, 9.17) is 0 Å². The van der Waals surface area contributed by atoms with Crippen molar-refractivity contribution in [2.24, 2.45) is 0 Å². The van der Waals surface area contributed by atoms with Gasteiger partial charge in [0.25, 0.3) is 5.91 Å². The van der Waals surface area contributed by atoms with E-state index in [0.29, 0.717) is 31.9 Å². The van der Waals surface area contributed by atoms with Crippen molar-refractivity contribution >= 4 is 31.6 Å². The molecule has 0 unspecified atom stereocenters. The number of piperidine rings is 1. The molecule has 1 saturated heterocycles. The SMILES string of the molecule is CCN(CC)S(=O)(=O)c1ccc(C(=O)Nc2cc(S(=O)(=O)N3CCCCC3)ccc2C)cc1. The van der Waals surface area contributed by atoms with Gasteiger partial charge in [0.2, 0.25) is 20.0 Å². The number of nitrogens with one attached hydrogen (secondary N) is 1. The zero-order chi connectivity index (χ0) is 24.2. The highest BCUT2D eigenvalue weighted by atomic mass is 32.2. The summed E-state index contributed by atoms with van der Waals surface area (Å²) in [7, 11) is -7.24. The van der Waals surface area contributed by atoms with Gasteiger partial charge in [0.05, 0.1) is 9.79 Å². The second-order valence-corrected chi connectivity index (χ2v) is 11.9. The molecule has 2 aromatic rings. The van der Waals surface area contributed by atoms with E-state index in [1.165, 1.54) is 38.9 Å². The lowest BCUT2D eigenvalue weighted by atomic mass is 10.1. The van der Waals surface area contributed by atoms with Crippen LogP contribution in [0.3, 0.4) is 0 Å². The Labute approximate surface area is 196 Å². The smallest absolute Gasteiger partial charge is 0.255 e. The molecule has 0 aromatic heterocycles. The van der Waals surface area contributed by atoms with E-state index in [-0.39, 0.29) is 15.4 Å². The largest absolute Gasteiger partial charge is 0.322 e. The van der Waals surface area contributed by atoms with Crippen molar-refractivity contribution in [3.8, 4) is 0 Å². The molecule has 180 valence electrons. The van der Waals surface area contributed by atoms with Gasteiger partial charge in [-0.25, -0.2) is 16.8 Å². The third kappa shape index (κ3) is 5.46. The molecule has 0 radical (unpaired) electrons. The fraction of sp³-hybridized carbons (Fsp3) is 0.435. The van der Waals surface area contributed by atoms with Crippen LogP contribution in [0.5, 0.6) is 0 Å². The summed E-state index contributed by atoms with van der Waals surface area (Å²) < 4.78 is 54.1. The lowest BCUT2D eigenvalue weighted by Gasteiger charge is -2.26. The zero-order valence-corrected chi connectivity index (χ0v) is 20.9. The number of aryl methyl sites for hydroxylation is 1. The van der Waals surface area contributed by atoms with Gasteiger partial charge in [0, 0.05) is 37.4 Å². The summed E-state index contributed by atoms with van der Waals surface area (Å²) in [6, 6.07) is 10.4. The predicted molar refractivity (Wildman–Crippen MR) is 128 cm³/mol. The Morgan fingerprint density at radius 1 is 0.909 bits per heavy atom. The molecule has 1 aliphatic heterocycles. The van der Waals surface area contributed by atoms with Crippen LogP contribution in [0.1, 0.15) is 49.0 Å². The first-order valence-electron chi connectivity index (χ1n) is 11.1. The van der Waals surface area contributed by atoms with E-state index in [1.807, 2.05) is 0 Å². The van der Waals surface area contributed by atoms with Crippen molar-refractivity contribution in [2.45, 2.75) is 49.8 Å². The van der Waals surface area contributed by atoms with E-state index in [9.17, 15) is 21.6 Å². The molecule has 0 atom stereocenters. The maximum Gasteiger partial charge on any atom is 0.255 e. The third-order valence-electron chi connectivity index (χ3n) is 5.87. The second kappa shape index (κ2) is 10.3. The lowest BCUT2D eigenvalue weighted by molar-refractivity contribution is 0.102. The van der Waals surface area contributed by atoms with E-state index < -0.39 is 26.0 Å². The van der Waals surface area contributed by atoms with E-state index in [0.717, 1.165) is 24.8 Å². The number of hydrogen-bond donors (Lipinski definition) is 1. The summed E-state index contributed by atoms with van der Waals surface area (Å²) in [5, 5.41) is 2.76. The maximum atomic E-state index is 13.0. The standard InChI is InChI=1S/C23H31N3O5S2/c1-4-25(5-2)32(28,29)20-13-10-19(11-14-20)23(27)24-22-17-21(12-9-18(22)3)33(30,31)26-15-7-6-8-16-26/h9-14,17H,4-8,15-16H2,1-3H3,(H,24,27). The van der Waals surface area contributed by atoms with Crippen LogP contribution in [0.4, 0.5) is 5.69 Å². The van der Waals surface area contributed by atoms with Gasteiger partial charge in [0.15, 0.2) is 0 Å². The van der Waals surface area contributed by atoms with Crippen LogP contribution < -0.4 is 5.32 Å². The molecular formula is C23H31N3O5S2. The Morgan fingerprint density at radius 3 is 2.06 bits per heavy atom. The van der Waals surface area contributed by atoms with Crippen LogP contribution in [0, 0.1) is 6.92 Å². The van der Waals surface area contributed by atoms with E-state index in [1.54, 1.807) is 32.9 Å². The normalized spacial score (nSPS) is 15.5. The summed E-state index contributed by atoms with van der Waals surface area (Å²) in [6.45, 7) is 7.04. The van der Waals surface area contributed by atoms with Crippen molar-refractivity contribution in [3.63, 3.8) is 0 Å². The third-order valence-corrected chi connectivity index (χ3v) is 9.83. The molecule has 1 heterocycles. The maximum absolute atomic E-state index is 13.0. The minimum absolute atomic E-state index is 0.119. The molecule has 1 N–H and O–H groups in total. The van der Waals surface area contributed by atoms with Crippen LogP contribution in [0.2, 0.25) is 0 Å². The Kier molecular flexibility index (Phi) is 7.94. The summed E-state index contributed by atoms with van der Waals surface area (Å²) >= 11 is 0. The monoisotopic (exact) mass is 493 g/mol. The molecule has 2 aromatic carbocycles. The fourth-order valence-electron chi connectivity index (χ4n) is 3.84. The predicted octanol–water partition coefficient (Wildman–Crippen LogP) is 3.45. The molecule has 0 aliphatic carbocycles. The molecular weight excluding hydrogens is 462 g/mol. The Morgan fingerprint density at radius 2 is 1.48 bits per heavy atom. The number of benzene rings is 2. The molecule has 0 bridgehead atoms. The summed E-state index contributed by atoms with van der Waals surface area (Å²) in [5.41, 5.74) is 1.40. The molecule has 0 spiro atoms. The first-order chi connectivity index (χ1) is 15.6. The first-order valence-corrected chi connectivity index (χ1v) is 14.0. The molecule has 0 saturated carbocycles. The highest BCUT2D eigenvalue weighted by Gasteiger charge is 2.27. The summed E-state index contributed by atoms with van der Waals surface area (Å²) in [6.07, 6.45) is 2.71. The average molecular weight is 494 g/mol. The topological polar surface area (TPSA) is 104 Å². The van der Waals surface area contributed by atoms with Crippen molar-refractivity contribution in [2.75, 3.05) is 31.5 Å². The molecule has 1 amide bonds. The Bertz CT molecular complexity index is 1200. The van der Waals surface area contributed by atoms with Crippen molar-refractivity contribution in [1.29, 1.82) is 0 Å². The zero-order valence-electron chi connectivity index (χ0n) is 19.2. The van der Waals surface area contributed by atoms with Crippen LogP contribution >= 0.6 is 0 Å². The number of nitrogens with zero attached hydrogens (tertiary/aromatic N) is 2. The van der Waals surface area contributed by atoms with E-state index in [2.05, 4.69) is 5.32 Å². The molecule has 1 fully saturated rings. The van der Waals surface area contributed by atoms with Crippen molar-refractivity contribution in [1.82, 2.24) is 8.61 Å². The second-order valence-electron chi connectivity index (χ2n) is 8.01. The fourth-order valence-corrected chi connectivity index (χ4v) is 6.84. The van der Waals surface area contributed by atoms with Gasteiger partial charge in [-0.1, -0.05) is 26.3 Å². The van der Waals surface area contributed by atoms with Crippen LogP contribution in [-0.2, 0) is 20.0 Å². The van der Waals surface area contributed by atoms with Crippen molar-refractivity contribution in [3.05, 3.63) is 53.6 Å². The van der Waals surface area contributed by atoms with Gasteiger partial charge in [-0.3, -0.25) is 4.79 Å². The van der Waals surface area contributed by atoms with Gasteiger partial charge in [-0.15, -0.1) is 0 Å². The van der Waals surface area contributed by atoms with Gasteiger partial charge in [0.1, 0.15) is 0 Å². The van der Waals surface area contributed by atoms with Gasteiger partial charge in [-0.2, -0.15) is 8.61 Å². The van der Waals surface area contributed by atoms with Crippen LogP contribution in [0.15, 0.2) is 52.3 Å². The number of carbonyl (C=O) groups excluding carboxylic acids is 1. The number of sulfonamides is 2. The first kappa shape index (κ1) is 25.4. The lowest BCUT2D eigenvalue weighted by Crippen LogP contribution is -2.35. The minimum Gasteiger partial charge on any atom is -0.322 e. The Balaban J connectivity index is 1.81. The molecule has 8 nitrogen and oxygen atoms in total. The van der Waals surface area contributed by atoms with Crippen molar-refractivity contribution < 1.29 is 21.6 Å². The summed E-state index contributed by atoms with van der Waals surface area (Å²) in [5.74, 6) is -0.447. The number of carbonyl (C=O) groups is 1. The van der Waals surface area contributed by atoms with Gasteiger partial charge >= 0.3 is 0 Å². The molecule has 10 heteroatoms. The van der Waals surface area contributed by atoms with Gasteiger partial charge < -0.3 is 5.32 Å². The molecule has 33 heavy (non-hydrogen) atoms. The number of hydrogen-bond acceptors (Lipinski definition) is 5. The highest BCUT2D eigenvalue weighted by molar-refractivity contribution is 7.89. The van der Waals surface area contributed by atoms with E-state index >= 15 is 0 Å². The quantitative estimate of drug-likeness (QED) is 0.607. The van der Waals surface area contributed by atoms with Crippen LogP contribution in [0.25, 0.3) is 0 Å². The summed E-state index contributed by atoms with van der Waals surface area (Å²) in [4.78, 5) is 13.1. The average Bonchev–Trinajstić information content (AvgIpc) is 2.81. The minimum atomic E-state index is -3.63. The van der Waals surface area contributed by atoms with Gasteiger partial charge in [-0.05, 0) is 61.7 Å². The molecule has 1 aliphatic rings.